The number of rotatable bonds is 5. The molecular weight excluding hydrogens is 284 g/mol. The van der Waals surface area contributed by atoms with Gasteiger partial charge < -0.3 is 19.5 Å². The third-order valence-corrected chi connectivity index (χ3v) is 3.10. The molecule has 1 aromatic carbocycles. The fraction of sp³-hybridized carbons (Fsp3) is 0.250. The van der Waals surface area contributed by atoms with Crippen LogP contribution in [0, 0.1) is 6.92 Å². The maximum atomic E-state index is 12.4. The molecule has 2 aromatic rings. The first kappa shape index (κ1) is 15.6. The predicted octanol–water partition coefficient (Wildman–Crippen LogP) is 2.67. The van der Waals surface area contributed by atoms with Crippen LogP contribution in [-0.4, -0.2) is 32.2 Å². The lowest BCUT2D eigenvalue weighted by atomic mass is 10.1. The second-order valence-electron chi connectivity index (χ2n) is 4.57. The average molecular weight is 302 g/mol. The molecule has 22 heavy (non-hydrogen) atoms. The van der Waals surface area contributed by atoms with Gasteiger partial charge in [0.2, 0.25) is 5.88 Å². The number of nitrogens with zero attached hydrogens (tertiary/aromatic N) is 1. The summed E-state index contributed by atoms with van der Waals surface area (Å²) in [5.41, 5.74) is 1.86. The maximum Gasteiger partial charge on any atom is 0.255 e. The summed E-state index contributed by atoms with van der Waals surface area (Å²) in [4.78, 5) is 16.5. The number of ether oxygens (including phenoxy) is 3. The van der Waals surface area contributed by atoms with Crippen LogP contribution >= 0.6 is 0 Å². The highest BCUT2D eigenvalue weighted by Crippen LogP contribution is 2.40. The molecule has 1 N–H and O–H groups in total. The van der Waals surface area contributed by atoms with E-state index in [9.17, 15) is 4.79 Å². The van der Waals surface area contributed by atoms with Crippen LogP contribution in [0.1, 0.15) is 15.9 Å². The Balaban J connectivity index is 2.41. The highest BCUT2D eigenvalue weighted by Gasteiger charge is 2.20. The second kappa shape index (κ2) is 6.80. The van der Waals surface area contributed by atoms with Crippen molar-refractivity contribution >= 4 is 11.6 Å². The normalized spacial score (nSPS) is 10.0. The summed E-state index contributed by atoms with van der Waals surface area (Å²) in [5, 5.41) is 2.77. The molecule has 6 heteroatoms. The van der Waals surface area contributed by atoms with Crippen molar-refractivity contribution in [1.82, 2.24) is 4.98 Å². The first-order valence-electron chi connectivity index (χ1n) is 6.63. The van der Waals surface area contributed by atoms with E-state index in [1.54, 1.807) is 12.1 Å². The molecule has 0 atom stereocenters. The summed E-state index contributed by atoms with van der Waals surface area (Å²) in [6, 6.07) is 7.27. The van der Waals surface area contributed by atoms with Gasteiger partial charge in [0.25, 0.3) is 5.91 Å². The highest BCUT2D eigenvalue weighted by atomic mass is 16.5. The maximum absolute atomic E-state index is 12.4. The average Bonchev–Trinajstić information content (AvgIpc) is 2.54. The summed E-state index contributed by atoms with van der Waals surface area (Å²) >= 11 is 0. The lowest BCUT2D eigenvalue weighted by molar-refractivity contribution is 0.102. The molecular formula is C16H18N2O4. The fourth-order valence-electron chi connectivity index (χ4n) is 2.05. The van der Waals surface area contributed by atoms with Gasteiger partial charge in [-0.3, -0.25) is 4.79 Å². The van der Waals surface area contributed by atoms with Gasteiger partial charge in [-0.15, -0.1) is 0 Å². The van der Waals surface area contributed by atoms with Crippen molar-refractivity contribution in [2.45, 2.75) is 6.92 Å². The lowest BCUT2D eigenvalue weighted by Gasteiger charge is -2.15. The van der Waals surface area contributed by atoms with Crippen LogP contribution < -0.4 is 19.5 Å². The quantitative estimate of drug-likeness (QED) is 0.919. The van der Waals surface area contributed by atoms with Crippen LogP contribution in [0.2, 0.25) is 0 Å². The number of pyridine rings is 1. The molecule has 1 amide bonds. The minimum absolute atomic E-state index is 0.249. The molecule has 116 valence electrons. The van der Waals surface area contributed by atoms with Gasteiger partial charge in [0.15, 0.2) is 17.2 Å². The highest BCUT2D eigenvalue weighted by molar-refractivity contribution is 6.06. The SMILES string of the molecule is COc1cnc(OC)c(NC(=O)c2cccc(C)c2)c1OC. The molecule has 0 fully saturated rings. The van der Waals surface area contributed by atoms with E-state index >= 15 is 0 Å². The van der Waals surface area contributed by atoms with Crippen LogP contribution in [0.4, 0.5) is 5.69 Å². The molecule has 0 radical (unpaired) electrons. The number of aromatic nitrogens is 1. The Kier molecular flexibility index (Phi) is 4.83. The van der Waals surface area contributed by atoms with Crippen molar-refractivity contribution in [3.63, 3.8) is 0 Å². The van der Waals surface area contributed by atoms with Gasteiger partial charge in [-0.25, -0.2) is 4.98 Å². The Hall–Kier alpha value is -2.76. The van der Waals surface area contributed by atoms with E-state index in [-0.39, 0.29) is 11.8 Å². The van der Waals surface area contributed by atoms with Gasteiger partial charge in [0.05, 0.1) is 27.5 Å². The van der Waals surface area contributed by atoms with E-state index in [4.69, 9.17) is 14.2 Å². The number of amides is 1. The van der Waals surface area contributed by atoms with Crippen LogP contribution in [0.25, 0.3) is 0 Å². The summed E-state index contributed by atoms with van der Waals surface area (Å²) in [6.07, 6.45) is 1.47. The largest absolute Gasteiger partial charge is 0.491 e. The molecule has 1 aromatic heterocycles. The molecule has 6 nitrogen and oxygen atoms in total. The molecule has 0 aliphatic heterocycles. The van der Waals surface area contributed by atoms with Crippen LogP contribution in [0.3, 0.4) is 0 Å². The number of aryl methyl sites for hydroxylation is 1. The standard InChI is InChI=1S/C16H18N2O4/c1-10-6-5-7-11(8-10)15(19)18-13-14(21-3)12(20-2)9-17-16(13)22-4/h5-9H,1-4H3,(H,18,19). The molecule has 0 saturated heterocycles. The third kappa shape index (κ3) is 3.11. The predicted molar refractivity (Wildman–Crippen MR) is 83.0 cm³/mol. The van der Waals surface area contributed by atoms with Crippen molar-refractivity contribution < 1.29 is 19.0 Å². The van der Waals surface area contributed by atoms with E-state index < -0.39 is 0 Å². The molecule has 0 saturated carbocycles. The Morgan fingerprint density at radius 2 is 1.91 bits per heavy atom. The smallest absolute Gasteiger partial charge is 0.255 e. The number of carbonyl (C=O) groups is 1. The number of anilines is 1. The van der Waals surface area contributed by atoms with Crippen molar-refractivity contribution in [3.8, 4) is 17.4 Å². The molecule has 0 aliphatic carbocycles. The van der Waals surface area contributed by atoms with Crippen molar-refractivity contribution in [1.29, 1.82) is 0 Å². The Labute approximate surface area is 129 Å². The van der Waals surface area contributed by atoms with Crippen LogP contribution in [0.5, 0.6) is 17.4 Å². The zero-order chi connectivity index (χ0) is 16.1. The monoisotopic (exact) mass is 302 g/mol. The van der Waals surface area contributed by atoms with E-state index in [0.717, 1.165) is 5.56 Å². The van der Waals surface area contributed by atoms with E-state index in [2.05, 4.69) is 10.3 Å². The number of carbonyl (C=O) groups excluding carboxylic acids is 1. The van der Waals surface area contributed by atoms with Crippen molar-refractivity contribution in [2.24, 2.45) is 0 Å². The molecule has 0 unspecified atom stereocenters. The van der Waals surface area contributed by atoms with E-state index in [0.29, 0.717) is 22.7 Å². The van der Waals surface area contributed by atoms with Gasteiger partial charge in [0, 0.05) is 5.56 Å². The van der Waals surface area contributed by atoms with Crippen molar-refractivity contribution in [3.05, 3.63) is 41.6 Å². The number of benzene rings is 1. The summed E-state index contributed by atoms with van der Waals surface area (Å²) in [5.74, 6) is 0.729. The first-order valence-corrected chi connectivity index (χ1v) is 6.63. The first-order chi connectivity index (χ1) is 10.6. The Morgan fingerprint density at radius 3 is 2.50 bits per heavy atom. The number of hydrogen-bond donors (Lipinski definition) is 1. The Morgan fingerprint density at radius 1 is 1.14 bits per heavy atom. The summed E-state index contributed by atoms with van der Waals surface area (Å²) < 4.78 is 15.7. The van der Waals surface area contributed by atoms with Gasteiger partial charge in [-0.1, -0.05) is 17.7 Å². The molecule has 1 heterocycles. The van der Waals surface area contributed by atoms with E-state index in [1.165, 1.54) is 27.5 Å². The molecule has 0 aliphatic rings. The van der Waals surface area contributed by atoms with Crippen LogP contribution in [0.15, 0.2) is 30.5 Å². The van der Waals surface area contributed by atoms with Crippen LogP contribution in [-0.2, 0) is 0 Å². The summed E-state index contributed by atoms with van der Waals surface area (Å²) in [7, 11) is 4.45. The topological polar surface area (TPSA) is 69.7 Å². The summed E-state index contributed by atoms with van der Waals surface area (Å²) in [6.45, 7) is 1.92. The Bertz CT molecular complexity index is 686. The molecule has 0 spiro atoms. The number of methoxy groups -OCH3 is 3. The lowest BCUT2D eigenvalue weighted by Crippen LogP contribution is -2.14. The zero-order valence-corrected chi connectivity index (χ0v) is 13.0. The fourth-order valence-corrected chi connectivity index (χ4v) is 2.05. The van der Waals surface area contributed by atoms with Gasteiger partial charge in [-0.05, 0) is 19.1 Å². The molecule has 2 rings (SSSR count). The zero-order valence-electron chi connectivity index (χ0n) is 13.0. The number of nitrogens with one attached hydrogen (secondary N) is 1. The minimum Gasteiger partial charge on any atom is -0.491 e. The van der Waals surface area contributed by atoms with Gasteiger partial charge in [0.1, 0.15) is 0 Å². The molecule has 0 bridgehead atoms. The minimum atomic E-state index is -0.282. The van der Waals surface area contributed by atoms with Gasteiger partial charge in [-0.2, -0.15) is 0 Å². The van der Waals surface area contributed by atoms with Crippen molar-refractivity contribution in [2.75, 3.05) is 26.6 Å². The number of hydrogen-bond acceptors (Lipinski definition) is 5. The third-order valence-electron chi connectivity index (χ3n) is 3.10. The van der Waals surface area contributed by atoms with Gasteiger partial charge >= 0.3 is 0 Å². The second-order valence-corrected chi connectivity index (χ2v) is 4.57. The van der Waals surface area contributed by atoms with E-state index in [1.807, 2.05) is 19.1 Å².